The number of amides is 2. The maximum absolute atomic E-state index is 13.1. The van der Waals surface area contributed by atoms with Crippen LogP contribution in [-0.4, -0.2) is 21.6 Å². The van der Waals surface area contributed by atoms with Gasteiger partial charge in [-0.25, -0.2) is 4.68 Å². The second-order valence-electron chi connectivity index (χ2n) is 7.59. The van der Waals surface area contributed by atoms with E-state index in [0.29, 0.717) is 22.0 Å². The van der Waals surface area contributed by atoms with Gasteiger partial charge in [0, 0.05) is 22.7 Å². The third-order valence-electron chi connectivity index (χ3n) is 5.06. The Bertz CT molecular complexity index is 1220. The summed E-state index contributed by atoms with van der Waals surface area (Å²) in [5.74, 6) is -0.707. The molecule has 2 amide bonds. The normalized spacial score (nSPS) is 11.7. The van der Waals surface area contributed by atoms with E-state index in [1.165, 1.54) is 6.07 Å². The van der Waals surface area contributed by atoms with Crippen LogP contribution in [0.15, 0.2) is 53.3 Å². The predicted octanol–water partition coefficient (Wildman–Crippen LogP) is 4.73. The summed E-state index contributed by atoms with van der Waals surface area (Å²) in [5, 5.41) is 10.4. The third-order valence-corrected chi connectivity index (χ3v) is 5.31. The molecule has 0 bridgehead atoms. The molecular weight excluding hydrogens is 428 g/mol. The Kier molecular flexibility index (Phi) is 7.10. The van der Waals surface area contributed by atoms with Gasteiger partial charge in [-0.05, 0) is 50.6 Å². The van der Waals surface area contributed by atoms with Crippen molar-refractivity contribution in [2.24, 2.45) is 0 Å². The Morgan fingerprint density at radius 3 is 2.34 bits per heavy atom. The molecule has 0 spiro atoms. The number of carbonyl (C=O) groups is 2. The average molecular weight is 453 g/mol. The lowest BCUT2D eigenvalue weighted by Crippen LogP contribution is -2.35. The Morgan fingerprint density at radius 1 is 1.03 bits per heavy atom. The Hall–Kier alpha value is -3.45. The first-order valence-corrected chi connectivity index (χ1v) is 10.6. The summed E-state index contributed by atoms with van der Waals surface area (Å²) in [4.78, 5) is 38.0. The Labute approximate surface area is 191 Å². The molecule has 0 saturated carbocycles. The Morgan fingerprint density at radius 2 is 1.72 bits per heavy atom. The van der Waals surface area contributed by atoms with Crippen molar-refractivity contribution >= 4 is 34.8 Å². The Balaban J connectivity index is 2.02. The maximum atomic E-state index is 13.1. The monoisotopic (exact) mass is 452 g/mol. The van der Waals surface area contributed by atoms with Gasteiger partial charge in [0.25, 0.3) is 5.56 Å². The lowest BCUT2D eigenvalue weighted by molar-refractivity contribution is -0.119. The van der Waals surface area contributed by atoms with E-state index in [2.05, 4.69) is 15.7 Å². The molecule has 0 aliphatic carbocycles. The number of rotatable bonds is 6. The molecule has 0 aliphatic rings. The molecule has 3 rings (SSSR count). The first-order valence-electron chi connectivity index (χ1n) is 10.3. The number of hydrogen-bond donors (Lipinski definition) is 2. The fourth-order valence-corrected chi connectivity index (χ4v) is 3.29. The summed E-state index contributed by atoms with van der Waals surface area (Å²) in [6.07, 6.45) is 0.209. The van der Waals surface area contributed by atoms with Crippen LogP contribution in [0.5, 0.6) is 0 Å². The number of aromatic nitrogens is 2. The van der Waals surface area contributed by atoms with Gasteiger partial charge in [0.1, 0.15) is 11.7 Å². The van der Waals surface area contributed by atoms with E-state index in [-0.39, 0.29) is 18.0 Å². The molecule has 0 unspecified atom stereocenters. The highest BCUT2D eigenvalue weighted by atomic mass is 35.5. The summed E-state index contributed by atoms with van der Waals surface area (Å²) in [6, 6.07) is 13.2. The van der Waals surface area contributed by atoms with Gasteiger partial charge in [-0.1, -0.05) is 48.4 Å². The second-order valence-corrected chi connectivity index (χ2v) is 8.02. The fraction of sp³-hybridized carbons (Fsp3) is 0.250. The molecule has 0 radical (unpaired) electrons. The van der Waals surface area contributed by atoms with Crippen LogP contribution in [0.1, 0.15) is 37.4 Å². The number of benzene rings is 2. The number of halogens is 1. The molecule has 7 nitrogen and oxygen atoms in total. The molecule has 1 aromatic heterocycles. The van der Waals surface area contributed by atoms with Gasteiger partial charge < -0.3 is 10.6 Å². The lowest BCUT2D eigenvalue weighted by atomic mass is 10.1. The minimum atomic E-state index is -0.923. The summed E-state index contributed by atoms with van der Waals surface area (Å²) in [5.41, 5.74) is 3.27. The number of aryl methyl sites for hydroxylation is 2. The van der Waals surface area contributed by atoms with Crippen molar-refractivity contribution in [3.05, 3.63) is 75.0 Å². The first-order chi connectivity index (χ1) is 15.2. The third kappa shape index (κ3) is 5.23. The van der Waals surface area contributed by atoms with Gasteiger partial charge in [-0.3, -0.25) is 14.4 Å². The summed E-state index contributed by atoms with van der Waals surface area (Å²) in [7, 11) is 0. The number of anilines is 2. The quantitative estimate of drug-likeness (QED) is 0.565. The maximum Gasteiger partial charge on any atom is 0.291 e. The van der Waals surface area contributed by atoms with Crippen LogP contribution in [0, 0.1) is 13.8 Å². The molecule has 1 atom stereocenters. The minimum absolute atomic E-state index is 0.0583. The van der Waals surface area contributed by atoms with Crippen LogP contribution in [0.4, 0.5) is 11.4 Å². The predicted molar refractivity (Wildman–Crippen MR) is 127 cm³/mol. The van der Waals surface area contributed by atoms with Gasteiger partial charge in [0.05, 0.1) is 5.69 Å². The van der Waals surface area contributed by atoms with Crippen LogP contribution in [0.2, 0.25) is 5.02 Å². The molecule has 166 valence electrons. The van der Waals surface area contributed by atoms with Gasteiger partial charge >= 0.3 is 0 Å². The van der Waals surface area contributed by atoms with Crippen molar-refractivity contribution < 1.29 is 9.59 Å². The minimum Gasteiger partial charge on any atom is -0.324 e. The summed E-state index contributed by atoms with van der Waals surface area (Å²) >= 11 is 5.98. The van der Waals surface area contributed by atoms with Crippen LogP contribution in [0.25, 0.3) is 11.3 Å². The number of nitrogens with one attached hydrogen (secondary N) is 2. The van der Waals surface area contributed by atoms with Gasteiger partial charge in [0.2, 0.25) is 11.8 Å². The van der Waals surface area contributed by atoms with E-state index < -0.39 is 17.5 Å². The highest BCUT2D eigenvalue weighted by molar-refractivity contribution is 6.30. The van der Waals surface area contributed by atoms with E-state index >= 15 is 0 Å². The van der Waals surface area contributed by atoms with E-state index in [4.69, 9.17) is 11.6 Å². The molecule has 2 aromatic carbocycles. The average Bonchev–Trinajstić information content (AvgIpc) is 2.77. The molecule has 3 aromatic rings. The SMILES string of the molecule is CCC(=O)Nc1cc(-c2ccc(Cl)cc2)nn([C@@H](C)C(=O)Nc2ccc(C)cc2C)c1=O. The smallest absolute Gasteiger partial charge is 0.291 e. The molecule has 1 heterocycles. The summed E-state index contributed by atoms with van der Waals surface area (Å²) < 4.78 is 1.09. The van der Waals surface area contributed by atoms with Crippen molar-refractivity contribution in [3.8, 4) is 11.3 Å². The standard InChI is InChI=1S/C24H25ClN4O3/c1-5-22(30)26-21-13-20(17-7-9-18(25)10-8-17)28-29(24(21)32)16(4)23(31)27-19-11-6-14(2)12-15(19)3/h6-13,16H,5H2,1-4H3,(H,26,30)(H,27,31)/t16-/m0/s1. The highest BCUT2D eigenvalue weighted by Crippen LogP contribution is 2.22. The van der Waals surface area contributed by atoms with E-state index in [1.807, 2.05) is 32.0 Å². The van der Waals surface area contributed by atoms with Gasteiger partial charge in [-0.15, -0.1) is 0 Å². The largest absolute Gasteiger partial charge is 0.324 e. The van der Waals surface area contributed by atoms with Crippen molar-refractivity contribution in [1.82, 2.24) is 9.78 Å². The zero-order valence-corrected chi connectivity index (χ0v) is 19.2. The summed E-state index contributed by atoms with van der Waals surface area (Å²) in [6.45, 7) is 7.15. The van der Waals surface area contributed by atoms with Gasteiger partial charge in [0.15, 0.2) is 0 Å². The first kappa shape index (κ1) is 23.2. The fourth-order valence-electron chi connectivity index (χ4n) is 3.17. The van der Waals surface area contributed by atoms with Crippen molar-refractivity contribution in [1.29, 1.82) is 0 Å². The van der Waals surface area contributed by atoms with E-state index in [1.54, 1.807) is 38.1 Å². The topological polar surface area (TPSA) is 93.1 Å². The van der Waals surface area contributed by atoms with Crippen LogP contribution in [-0.2, 0) is 9.59 Å². The lowest BCUT2D eigenvalue weighted by Gasteiger charge is -2.18. The molecule has 8 heteroatoms. The van der Waals surface area contributed by atoms with Crippen LogP contribution in [0.3, 0.4) is 0 Å². The van der Waals surface area contributed by atoms with E-state index in [0.717, 1.165) is 15.8 Å². The zero-order chi connectivity index (χ0) is 23.4. The van der Waals surface area contributed by atoms with E-state index in [9.17, 15) is 14.4 Å². The van der Waals surface area contributed by atoms with Crippen molar-refractivity contribution in [3.63, 3.8) is 0 Å². The molecule has 0 saturated heterocycles. The molecular formula is C24H25ClN4O3. The van der Waals surface area contributed by atoms with Crippen LogP contribution >= 0.6 is 11.6 Å². The van der Waals surface area contributed by atoms with Gasteiger partial charge in [-0.2, -0.15) is 5.10 Å². The van der Waals surface area contributed by atoms with Crippen molar-refractivity contribution in [2.45, 2.75) is 40.2 Å². The molecule has 2 N–H and O–H groups in total. The molecule has 0 fully saturated rings. The second kappa shape index (κ2) is 9.78. The zero-order valence-electron chi connectivity index (χ0n) is 18.4. The number of hydrogen-bond acceptors (Lipinski definition) is 4. The molecule has 0 aliphatic heterocycles. The van der Waals surface area contributed by atoms with Crippen LogP contribution < -0.4 is 16.2 Å². The van der Waals surface area contributed by atoms with Crippen molar-refractivity contribution in [2.75, 3.05) is 10.6 Å². The molecule has 32 heavy (non-hydrogen) atoms. The number of nitrogens with zero attached hydrogens (tertiary/aromatic N) is 2. The number of carbonyl (C=O) groups excluding carboxylic acids is 2. The highest BCUT2D eigenvalue weighted by Gasteiger charge is 2.22.